The van der Waals surface area contributed by atoms with Gasteiger partial charge in [0.05, 0.1) is 0 Å². The molecule has 0 bridgehead atoms. The second-order valence-electron chi connectivity index (χ2n) is 3.70. The maximum atomic E-state index is 5.43. The van der Waals surface area contributed by atoms with Crippen molar-refractivity contribution in [3.63, 3.8) is 0 Å². The van der Waals surface area contributed by atoms with Gasteiger partial charge in [0, 0.05) is 13.2 Å². The fraction of sp³-hybridized carbons (Fsp3) is 0.538. The van der Waals surface area contributed by atoms with Crippen molar-refractivity contribution in [2.75, 3.05) is 19.8 Å². The number of nitrogens with two attached hydrogens (primary N) is 1. The minimum atomic E-state index is 0.726. The lowest BCUT2D eigenvalue weighted by atomic mass is 10.1. The second kappa shape index (κ2) is 8.45. The molecule has 2 heteroatoms. The molecule has 2 N–H and O–H groups in total. The average Bonchev–Trinajstić information content (AvgIpc) is 2.29. The zero-order valence-electron chi connectivity index (χ0n) is 9.32. The van der Waals surface area contributed by atoms with Crippen LogP contribution in [-0.4, -0.2) is 19.8 Å². The highest BCUT2D eigenvalue weighted by atomic mass is 16.5. The Morgan fingerprint density at radius 1 is 0.933 bits per heavy atom. The molecule has 15 heavy (non-hydrogen) atoms. The van der Waals surface area contributed by atoms with Gasteiger partial charge in [-0.05, 0) is 37.8 Å². The predicted octanol–water partition coefficient (Wildman–Crippen LogP) is 2.37. The SMILES string of the molecule is NCCCOCCCCc1ccccc1. The van der Waals surface area contributed by atoms with Crippen molar-refractivity contribution in [3.8, 4) is 0 Å². The van der Waals surface area contributed by atoms with E-state index >= 15 is 0 Å². The molecule has 0 fully saturated rings. The van der Waals surface area contributed by atoms with E-state index in [0.717, 1.165) is 39.0 Å². The summed E-state index contributed by atoms with van der Waals surface area (Å²) < 4.78 is 5.43. The van der Waals surface area contributed by atoms with Crippen molar-refractivity contribution in [1.29, 1.82) is 0 Å². The minimum absolute atomic E-state index is 0.726. The third kappa shape index (κ3) is 6.26. The summed E-state index contributed by atoms with van der Waals surface area (Å²) in [5.41, 5.74) is 6.78. The molecule has 0 amide bonds. The summed E-state index contributed by atoms with van der Waals surface area (Å²) in [4.78, 5) is 0. The fourth-order valence-electron chi connectivity index (χ4n) is 1.47. The smallest absolute Gasteiger partial charge is 0.0478 e. The third-order valence-electron chi connectivity index (χ3n) is 2.34. The van der Waals surface area contributed by atoms with Crippen molar-refractivity contribution >= 4 is 0 Å². The molecule has 0 saturated carbocycles. The van der Waals surface area contributed by atoms with E-state index in [-0.39, 0.29) is 0 Å². The largest absolute Gasteiger partial charge is 0.381 e. The van der Waals surface area contributed by atoms with Crippen molar-refractivity contribution in [1.82, 2.24) is 0 Å². The fourth-order valence-corrected chi connectivity index (χ4v) is 1.47. The molecule has 1 rings (SSSR count). The summed E-state index contributed by atoms with van der Waals surface area (Å²) in [6.07, 6.45) is 4.46. The van der Waals surface area contributed by atoms with Gasteiger partial charge in [-0.3, -0.25) is 0 Å². The van der Waals surface area contributed by atoms with Crippen molar-refractivity contribution < 1.29 is 4.74 Å². The van der Waals surface area contributed by atoms with Gasteiger partial charge in [0.25, 0.3) is 0 Å². The molecule has 0 aliphatic heterocycles. The van der Waals surface area contributed by atoms with E-state index in [1.54, 1.807) is 0 Å². The van der Waals surface area contributed by atoms with Gasteiger partial charge in [-0.15, -0.1) is 0 Å². The number of ether oxygens (including phenoxy) is 1. The molecule has 0 atom stereocenters. The monoisotopic (exact) mass is 207 g/mol. The van der Waals surface area contributed by atoms with Gasteiger partial charge in [0.15, 0.2) is 0 Å². The van der Waals surface area contributed by atoms with E-state index in [4.69, 9.17) is 10.5 Å². The number of unbranched alkanes of at least 4 members (excludes halogenated alkanes) is 1. The molecule has 0 aliphatic rings. The maximum absolute atomic E-state index is 5.43. The number of hydrogen-bond acceptors (Lipinski definition) is 2. The molecule has 0 heterocycles. The summed E-state index contributed by atoms with van der Waals surface area (Å²) in [5, 5.41) is 0. The van der Waals surface area contributed by atoms with Crippen LogP contribution >= 0.6 is 0 Å². The Bertz CT molecular complexity index is 236. The lowest BCUT2D eigenvalue weighted by molar-refractivity contribution is 0.129. The highest BCUT2D eigenvalue weighted by Gasteiger charge is 1.92. The molecule has 1 aromatic carbocycles. The summed E-state index contributed by atoms with van der Waals surface area (Å²) in [5.74, 6) is 0. The van der Waals surface area contributed by atoms with Crippen molar-refractivity contribution in [3.05, 3.63) is 35.9 Å². The first-order valence-corrected chi connectivity index (χ1v) is 5.75. The number of rotatable bonds is 8. The molecule has 0 aliphatic carbocycles. The van der Waals surface area contributed by atoms with Crippen LogP contribution in [0, 0.1) is 0 Å². The van der Waals surface area contributed by atoms with Gasteiger partial charge in [-0.1, -0.05) is 30.3 Å². The molecule has 0 unspecified atom stereocenters. The number of hydrogen-bond donors (Lipinski definition) is 1. The lowest BCUT2D eigenvalue weighted by Crippen LogP contribution is -2.05. The third-order valence-corrected chi connectivity index (χ3v) is 2.34. The maximum Gasteiger partial charge on any atom is 0.0478 e. The molecule has 0 saturated heterocycles. The molecular formula is C13H21NO. The topological polar surface area (TPSA) is 35.2 Å². The zero-order valence-corrected chi connectivity index (χ0v) is 9.32. The first kappa shape index (κ1) is 12.2. The zero-order chi connectivity index (χ0) is 10.8. The van der Waals surface area contributed by atoms with Crippen LogP contribution in [0.25, 0.3) is 0 Å². The highest BCUT2D eigenvalue weighted by molar-refractivity contribution is 5.14. The van der Waals surface area contributed by atoms with Crippen LogP contribution in [0.5, 0.6) is 0 Å². The predicted molar refractivity (Wildman–Crippen MR) is 63.9 cm³/mol. The van der Waals surface area contributed by atoms with Gasteiger partial charge in [-0.2, -0.15) is 0 Å². The van der Waals surface area contributed by atoms with Gasteiger partial charge >= 0.3 is 0 Å². The first-order valence-electron chi connectivity index (χ1n) is 5.75. The molecule has 84 valence electrons. The Hall–Kier alpha value is -0.860. The van der Waals surface area contributed by atoms with Crippen LogP contribution < -0.4 is 5.73 Å². The van der Waals surface area contributed by atoms with Crippen molar-refractivity contribution in [2.24, 2.45) is 5.73 Å². The van der Waals surface area contributed by atoms with Crippen LogP contribution in [0.4, 0.5) is 0 Å². The van der Waals surface area contributed by atoms with Crippen LogP contribution in [0.15, 0.2) is 30.3 Å². The van der Waals surface area contributed by atoms with Gasteiger partial charge < -0.3 is 10.5 Å². The lowest BCUT2D eigenvalue weighted by Gasteiger charge is -2.03. The van der Waals surface area contributed by atoms with E-state index in [9.17, 15) is 0 Å². The average molecular weight is 207 g/mol. The molecular weight excluding hydrogens is 186 g/mol. The van der Waals surface area contributed by atoms with Gasteiger partial charge in [0.1, 0.15) is 0 Å². The first-order chi connectivity index (χ1) is 7.43. The summed E-state index contributed by atoms with van der Waals surface area (Å²) in [6, 6.07) is 10.6. The van der Waals surface area contributed by atoms with E-state index in [1.807, 2.05) is 0 Å². The molecule has 1 aromatic rings. The molecule has 0 radical (unpaired) electrons. The van der Waals surface area contributed by atoms with E-state index in [2.05, 4.69) is 30.3 Å². The normalized spacial score (nSPS) is 10.5. The summed E-state index contributed by atoms with van der Waals surface area (Å²) in [7, 11) is 0. The second-order valence-corrected chi connectivity index (χ2v) is 3.70. The van der Waals surface area contributed by atoms with Gasteiger partial charge in [-0.25, -0.2) is 0 Å². The Morgan fingerprint density at radius 3 is 2.40 bits per heavy atom. The van der Waals surface area contributed by atoms with Crippen LogP contribution in [-0.2, 0) is 11.2 Å². The Morgan fingerprint density at radius 2 is 1.67 bits per heavy atom. The Balaban J connectivity index is 1.93. The highest BCUT2D eigenvalue weighted by Crippen LogP contribution is 2.04. The van der Waals surface area contributed by atoms with Crippen LogP contribution in [0.1, 0.15) is 24.8 Å². The standard InChI is InChI=1S/C13H21NO/c14-10-6-12-15-11-5-4-9-13-7-2-1-3-8-13/h1-3,7-8H,4-6,9-12,14H2. The Labute approximate surface area is 92.4 Å². The van der Waals surface area contributed by atoms with E-state index in [0.29, 0.717) is 0 Å². The van der Waals surface area contributed by atoms with Crippen molar-refractivity contribution in [2.45, 2.75) is 25.7 Å². The van der Waals surface area contributed by atoms with E-state index < -0.39 is 0 Å². The quantitative estimate of drug-likeness (QED) is 0.664. The summed E-state index contributed by atoms with van der Waals surface area (Å²) in [6.45, 7) is 2.40. The molecule has 2 nitrogen and oxygen atoms in total. The van der Waals surface area contributed by atoms with E-state index in [1.165, 1.54) is 12.0 Å². The minimum Gasteiger partial charge on any atom is -0.381 e. The molecule has 0 aromatic heterocycles. The Kier molecular flexibility index (Phi) is 6.88. The number of aryl methyl sites for hydroxylation is 1. The van der Waals surface area contributed by atoms with Crippen LogP contribution in [0.3, 0.4) is 0 Å². The number of benzene rings is 1. The van der Waals surface area contributed by atoms with Gasteiger partial charge in [0.2, 0.25) is 0 Å². The summed E-state index contributed by atoms with van der Waals surface area (Å²) >= 11 is 0. The van der Waals surface area contributed by atoms with Crippen LogP contribution in [0.2, 0.25) is 0 Å². The molecule has 0 spiro atoms.